The fraction of sp³-hybridized carbons (Fsp3) is 0.333. The molecule has 9 nitrogen and oxygen atoms in total. The summed E-state index contributed by atoms with van der Waals surface area (Å²) >= 11 is 1.27. The number of aromatic nitrogens is 2. The molecule has 0 spiro atoms. The molecule has 1 saturated heterocycles. The third kappa shape index (κ3) is 5.43. The number of para-hydroxylation sites is 1. The molecule has 0 N–H and O–H groups in total. The van der Waals surface area contributed by atoms with Crippen molar-refractivity contribution in [1.29, 1.82) is 0 Å². The summed E-state index contributed by atoms with van der Waals surface area (Å²) < 4.78 is 15.1. The van der Waals surface area contributed by atoms with Gasteiger partial charge in [-0.2, -0.15) is 0 Å². The molecule has 0 unspecified atom stereocenters. The van der Waals surface area contributed by atoms with Gasteiger partial charge in [-0.25, -0.2) is 9.79 Å². The summed E-state index contributed by atoms with van der Waals surface area (Å²) in [7, 11) is 1.58. The number of nitrogens with zero attached hydrogens (tertiary/aromatic N) is 4. The summed E-state index contributed by atoms with van der Waals surface area (Å²) in [5, 5.41) is 0.948. The molecule has 43 heavy (non-hydrogen) atoms. The van der Waals surface area contributed by atoms with Crippen LogP contribution < -0.4 is 19.6 Å². The molecule has 1 fully saturated rings. The Morgan fingerprint density at radius 1 is 1.12 bits per heavy atom. The molecule has 4 aromatic rings. The lowest BCUT2D eigenvalue weighted by Crippen LogP contribution is -2.40. The van der Waals surface area contributed by atoms with E-state index < -0.39 is 12.0 Å². The molecular formula is C33H34N4O5S. The Bertz CT molecular complexity index is 1940. The van der Waals surface area contributed by atoms with Crippen molar-refractivity contribution in [3.63, 3.8) is 0 Å². The van der Waals surface area contributed by atoms with Gasteiger partial charge >= 0.3 is 5.97 Å². The Morgan fingerprint density at radius 3 is 2.63 bits per heavy atom. The van der Waals surface area contributed by atoms with Gasteiger partial charge in [0.2, 0.25) is 5.91 Å². The molecule has 2 aliphatic heterocycles. The fourth-order valence-corrected chi connectivity index (χ4v) is 6.90. The number of rotatable bonds is 7. The van der Waals surface area contributed by atoms with E-state index >= 15 is 0 Å². The van der Waals surface area contributed by atoms with Crippen molar-refractivity contribution in [2.24, 2.45) is 4.99 Å². The Morgan fingerprint density at radius 2 is 1.88 bits per heavy atom. The van der Waals surface area contributed by atoms with Crippen molar-refractivity contribution >= 4 is 40.2 Å². The van der Waals surface area contributed by atoms with Crippen molar-refractivity contribution in [2.75, 3.05) is 20.2 Å². The maximum Gasteiger partial charge on any atom is 0.338 e. The number of carbonyl (C=O) groups is 2. The summed E-state index contributed by atoms with van der Waals surface area (Å²) in [6.45, 7) is 7.19. The minimum Gasteiger partial charge on any atom is -0.497 e. The van der Waals surface area contributed by atoms with E-state index in [0.29, 0.717) is 31.9 Å². The maximum atomic E-state index is 14.2. The largest absolute Gasteiger partial charge is 0.497 e. The van der Waals surface area contributed by atoms with Crippen molar-refractivity contribution in [3.8, 4) is 5.75 Å². The third-order valence-corrected chi connectivity index (χ3v) is 8.85. The summed E-state index contributed by atoms with van der Waals surface area (Å²) in [5.74, 6) is 0.199. The fourth-order valence-electron chi connectivity index (χ4n) is 5.86. The van der Waals surface area contributed by atoms with Gasteiger partial charge in [-0.05, 0) is 63.5 Å². The molecule has 0 radical (unpaired) electrons. The standard InChI is InChI=1S/C33H34N4O5S/c1-20(2)42-32(40)29-21(3)34-33-37(30(29)22-10-9-11-24(16-22)41-4)31(39)27(43-33)17-23-18-36(26-13-6-5-12-25(23)26)19-28(38)35-14-7-8-15-35/h5-6,9-13,16-18,20,30H,7-8,14-15,19H2,1-4H3/b27-17-/t30-/m1/s1. The monoisotopic (exact) mass is 598 g/mol. The number of allylic oxidation sites excluding steroid dienone is 1. The smallest absolute Gasteiger partial charge is 0.338 e. The molecule has 0 saturated carbocycles. The minimum atomic E-state index is -0.737. The zero-order valence-corrected chi connectivity index (χ0v) is 25.5. The predicted molar refractivity (Wildman–Crippen MR) is 166 cm³/mol. The second-order valence-corrected chi connectivity index (χ2v) is 12.1. The molecular weight excluding hydrogens is 564 g/mol. The van der Waals surface area contributed by atoms with Crippen LogP contribution in [0, 0.1) is 0 Å². The van der Waals surface area contributed by atoms with Crippen LogP contribution in [0.4, 0.5) is 0 Å². The van der Waals surface area contributed by atoms with Gasteiger partial charge in [-0.3, -0.25) is 14.2 Å². The van der Waals surface area contributed by atoms with Crippen LogP contribution in [0.15, 0.2) is 75.8 Å². The number of methoxy groups -OCH3 is 1. The van der Waals surface area contributed by atoms with Gasteiger partial charge in [0.1, 0.15) is 12.3 Å². The normalized spacial score (nSPS) is 17.0. The van der Waals surface area contributed by atoms with E-state index in [1.54, 1.807) is 32.4 Å². The zero-order chi connectivity index (χ0) is 30.2. The van der Waals surface area contributed by atoms with E-state index in [1.165, 1.54) is 11.3 Å². The van der Waals surface area contributed by atoms with Gasteiger partial charge < -0.3 is 18.9 Å². The highest BCUT2D eigenvalue weighted by molar-refractivity contribution is 7.07. The van der Waals surface area contributed by atoms with Gasteiger partial charge in [0, 0.05) is 35.8 Å². The van der Waals surface area contributed by atoms with Crippen LogP contribution in [0.25, 0.3) is 17.0 Å². The van der Waals surface area contributed by atoms with Crippen molar-refractivity contribution in [3.05, 3.63) is 96.8 Å². The summed E-state index contributed by atoms with van der Waals surface area (Å²) in [6.07, 6.45) is 5.54. The number of ether oxygens (including phenoxy) is 2. The maximum absolute atomic E-state index is 14.2. The lowest BCUT2D eigenvalue weighted by Gasteiger charge is -2.25. The highest BCUT2D eigenvalue weighted by Crippen LogP contribution is 2.32. The predicted octanol–water partition coefficient (Wildman–Crippen LogP) is 3.77. The molecule has 6 rings (SSSR count). The number of amides is 1. The molecule has 2 aliphatic rings. The molecule has 0 bridgehead atoms. The molecule has 2 aromatic carbocycles. The first-order valence-corrected chi connectivity index (χ1v) is 15.3. The highest BCUT2D eigenvalue weighted by Gasteiger charge is 2.34. The zero-order valence-electron chi connectivity index (χ0n) is 24.7. The SMILES string of the molecule is COc1cccc([C@@H]2C(C(=O)OC(C)C)=C(C)N=c3s/c(=C\c4cn(CC(=O)N5CCCC5)c5ccccc45)c(=O)n32)c1. The molecule has 1 atom stereocenters. The molecule has 222 valence electrons. The number of thiazole rings is 1. The minimum absolute atomic E-state index is 0.0961. The second-order valence-electron chi connectivity index (χ2n) is 11.1. The summed E-state index contributed by atoms with van der Waals surface area (Å²) in [5.41, 5.74) is 3.04. The molecule has 1 amide bonds. The van der Waals surface area contributed by atoms with Gasteiger partial charge in [0.05, 0.1) is 35.1 Å². The Labute approximate surface area is 253 Å². The number of hydrogen-bond acceptors (Lipinski definition) is 7. The number of likely N-dealkylation sites (tertiary alicyclic amines) is 1. The van der Waals surface area contributed by atoms with Gasteiger partial charge in [-0.15, -0.1) is 0 Å². The molecule has 0 aliphatic carbocycles. The third-order valence-electron chi connectivity index (χ3n) is 7.86. The van der Waals surface area contributed by atoms with Gasteiger partial charge in [0.25, 0.3) is 5.56 Å². The molecule has 4 heterocycles. The lowest BCUT2D eigenvalue weighted by molar-refractivity contribution is -0.143. The number of carbonyl (C=O) groups excluding carboxylic acids is 2. The van der Waals surface area contributed by atoms with Crippen LogP contribution in [0.5, 0.6) is 5.75 Å². The lowest BCUT2D eigenvalue weighted by atomic mass is 9.95. The van der Waals surface area contributed by atoms with Gasteiger partial charge in [0.15, 0.2) is 4.80 Å². The van der Waals surface area contributed by atoms with Crippen LogP contribution >= 0.6 is 11.3 Å². The van der Waals surface area contributed by atoms with E-state index in [9.17, 15) is 14.4 Å². The average molecular weight is 599 g/mol. The van der Waals surface area contributed by atoms with Gasteiger partial charge in [-0.1, -0.05) is 41.7 Å². The van der Waals surface area contributed by atoms with Crippen LogP contribution in [-0.2, 0) is 20.9 Å². The number of benzene rings is 2. The van der Waals surface area contributed by atoms with Crippen LogP contribution in [0.3, 0.4) is 0 Å². The average Bonchev–Trinajstić information content (AvgIpc) is 3.71. The first kappa shape index (κ1) is 28.7. The Kier molecular flexibility index (Phi) is 7.79. The van der Waals surface area contributed by atoms with Crippen molar-refractivity contribution in [2.45, 2.75) is 52.3 Å². The number of esters is 1. The van der Waals surface area contributed by atoms with Crippen molar-refractivity contribution < 1.29 is 19.1 Å². The van der Waals surface area contributed by atoms with E-state index in [4.69, 9.17) is 14.5 Å². The van der Waals surface area contributed by atoms with Crippen LogP contribution in [0.2, 0.25) is 0 Å². The van der Waals surface area contributed by atoms with E-state index in [1.807, 2.05) is 70.3 Å². The second kappa shape index (κ2) is 11.7. The van der Waals surface area contributed by atoms with E-state index in [-0.39, 0.29) is 24.1 Å². The first-order chi connectivity index (χ1) is 20.7. The Balaban J connectivity index is 1.48. The van der Waals surface area contributed by atoms with Crippen LogP contribution in [0.1, 0.15) is 50.8 Å². The highest BCUT2D eigenvalue weighted by atomic mass is 32.1. The Hall–Kier alpha value is -4.44. The van der Waals surface area contributed by atoms with Crippen LogP contribution in [-0.4, -0.2) is 52.2 Å². The summed E-state index contributed by atoms with van der Waals surface area (Å²) in [4.78, 5) is 47.6. The topological polar surface area (TPSA) is 95.1 Å². The quantitative estimate of drug-likeness (QED) is 0.302. The number of fused-ring (bicyclic) bond motifs is 2. The van der Waals surface area contributed by atoms with Crippen molar-refractivity contribution in [1.82, 2.24) is 14.0 Å². The molecule has 2 aromatic heterocycles. The van der Waals surface area contributed by atoms with E-state index in [0.717, 1.165) is 42.4 Å². The molecule has 10 heteroatoms. The number of hydrogen-bond donors (Lipinski definition) is 0. The summed E-state index contributed by atoms with van der Waals surface area (Å²) in [6, 6.07) is 14.5. The van der Waals surface area contributed by atoms with E-state index in [2.05, 4.69) is 0 Å². The first-order valence-electron chi connectivity index (χ1n) is 14.5.